The van der Waals surface area contributed by atoms with Crippen LogP contribution in [0.25, 0.3) is 0 Å². The number of hydrogen-bond donors (Lipinski definition) is 0. The molecular weight excluding hydrogens is 352 g/mol. The third kappa shape index (κ3) is 3.75. The Balaban J connectivity index is 1.76. The number of thioether (sulfide) groups is 1. The molecule has 0 aromatic rings. The van der Waals surface area contributed by atoms with E-state index in [4.69, 9.17) is 40.6 Å². The molecule has 0 radical (unpaired) electrons. The zero-order valence-corrected chi connectivity index (χ0v) is 16.6. The van der Waals surface area contributed by atoms with Crippen LogP contribution < -0.4 is 0 Å². The summed E-state index contributed by atoms with van der Waals surface area (Å²) in [6.07, 6.45) is -0.753. The number of ether oxygens (including phenoxy) is 6. The molecule has 3 saturated heterocycles. The van der Waals surface area contributed by atoms with Crippen molar-refractivity contribution in [2.45, 2.75) is 83.3 Å². The second-order valence-corrected chi connectivity index (χ2v) is 9.08. The molecule has 3 heterocycles. The molecule has 0 aliphatic carbocycles. The molecule has 138 valence electrons. The van der Waals surface area contributed by atoms with Crippen LogP contribution in [-0.4, -0.2) is 58.5 Å². The summed E-state index contributed by atoms with van der Waals surface area (Å²) < 4.78 is 36.4. The maximum absolute atomic E-state index is 6.16. The number of hydrogen-bond acceptors (Lipinski definition) is 8. The van der Waals surface area contributed by atoms with Gasteiger partial charge in [-0.1, -0.05) is 11.8 Å². The lowest BCUT2D eigenvalue weighted by molar-refractivity contribution is -0.267. The van der Waals surface area contributed by atoms with Gasteiger partial charge in [-0.3, -0.25) is 0 Å². The van der Waals surface area contributed by atoms with Crippen LogP contribution in [0.1, 0.15) is 41.5 Å². The molecule has 8 heteroatoms. The normalized spacial score (nSPS) is 39.5. The van der Waals surface area contributed by atoms with Gasteiger partial charge in [0.1, 0.15) is 18.3 Å². The Morgan fingerprint density at radius 2 is 1.88 bits per heavy atom. The Bertz CT molecular complexity index is 509. The summed E-state index contributed by atoms with van der Waals surface area (Å²) >= 11 is 6.67. The van der Waals surface area contributed by atoms with E-state index in [0.29, 0.717) is 16.7 Å². The number of fused-ring (bicyclic) bond motifs is 3. The fraction of sp³-hybridized carbons (Fsp3) is 0.938. The quantitative estimate of drug-likeness (QED) is 0.695. The minimum absolute atomic E-state index is 0.0412. The highest BCUT2D eigenvalue weighted by Gasteiger charge is 2.65. The maximum Gasteiger partial charge on any atom is 0.220 e. The third-order valence-corrected chi connectivity index (χ3v) is 5.33. The van der Waals surface area contributed by atoms with Crippen LogP contribution in [0.4, 0.5) is 0 Å². The van der Waals surface area contributed by atoms with E-state index in [0.717, 1.165) is 0 Å². The highest BCUT2D eigenvalue weighted by atomic mass is 32.2. The molecule has 3 aliphatic rings. The Morgan fingerprint density at radius 1 is 1.17 bits per heavy atom. The molecule has 0 aromatic heterocycles. The predicted molar refractivity (Wildman–Crippen MR) is 93.8 cm³/mol. The largest absolute Gasteiger partial charge is 0.476 e. The molecule has 3 fully saturated rings. The van der Waals surface area contributed by atoms with Crippen LogP contribution >= 0.6 is 24.0 Å². The van der Waals surface area contributed by atoms with E-state index in [9.17, 15) is 0 Å². The standard InChI is InChI=1S/C16H26O6S2/c1-9(2)18-13(23)24-8-16-12(21-15(5,6)22-16)11-10(7-17-16)19-14(3,4)20-11/h9-12H,7-8H2,1-6H3/t10-,11-,12+,16+/m1/s1. The van der Waals surface area contributed by atoms with Crippen molar-refractivity contribution >= 4 is 28.4 Å². The van der Waals surface area contributed by atoms with Crippen molar-refractivity contribution < 1.29 is 28.4 Å². The second kappa shape index (κ2) is 6.33. The van der Waals surface area contributed by atoms with E-state index in [1.54, 1.807) is 0 Å². The second-order valence-electron chi connectivity index (χ2n) is 7.51. The molecule has 3 rings (SSSR count). The van der Waals surface area contributed by atoms with Crippen molar-refractivity contribution in [3.8, 4) is 0 Å². The summed E-state index contributed by atoms with van der Waals surface area (Å²) in [6, 6.07) is 0. The van der Waals surface area contributed by atoms with Crippen molar-refractivity contribution in [1.29, 1.82) is 0 Å². The summed E-state index contributed by atoms with van der Waals surface area (Å²) in [5, 5.41) is 0. The van der Waals surface area contributed by atoms with E-state index in [2.05, 4.69) is 0 Å². The molecule has 0 saturated carbocycles. The predicted octanol–water partition coefficient (Wildman–Crippen LogP) is 2.83. The molecule has 0 amide bonds. The summed E-state index contributed by atoms with van der Waals surface area (Å²) in [5.41, 5.74) is 0. The first-order chi connectivity index (χ1) is 11.0. The topological polar surface area (TPSA) is 55.4 Å². The smallest absolute Gasteiger partial charge is 0.220 e. The summed E-state index contributed by atoms with van der Waals surface area (Å²) in [4.78, 5) is 0. The monoisotopic (exact) mass is 378 g/mol. The minimum atomic E-state index is -0.927. The maximum atomic E-state index is 6.16. The average Bonchev–Trinajstić information content (AvgIpc) is 2.87. The molecular formula is C16H26O6S2. The lowest BCUT2D eigenvalue weighted by Crippen LogP contribution is -2.59. The SMILES string of the molecule is CC(C)OC(=S)SC[C@@]12OC[C@H]3OC(C)(C)O[C@H]3[C@@H]1OC(C)(C)O2. The first kappa shape index (κ1) is 18.8. The van der Waals surface area contributed by atoms with Crippen molar-refractivity contribution in [3.05, 3.63) is 0 Å². The van der Waals surface area contributed by atoms with Crippen molar-refractivity contribution in [1.82, 2.24) is 0 Å². The lowest BCUT2D eigenvalue weighted by atomic mass is 9.98. The van der Waals surface area contributed by atoms with Gasteiger partial charge in [-0.2, -0.15) is 0 Å². The minimum Gasteiger partial charge on any atom is -0.476 e. The van der Waals surface area contributed by atoms with Gasteiger partial charge >= 0.3 is 0 Å². The zero-order valence-electron chi connectivity index (χ0n) is 15.0. The van der Waals surface area contributed by atoms with Crippen LogP contribution in [0.5, 0.6) is 0 Å². The number of rotatable bonds is 3. The average molecular weight is 379 g/mol. The molecule has 6 nitrogen and oxygen atoms in total. The van der Waals surface area contributed by atoms with Crippen molar-refractivity contribution in [3.63, 3.8) is 0 Å². The van der Waals surface area contributed by atoms with Crippen molar-refractivity contribution in [2.75, 3.05) is 12.4 Å². The molecule has 0 N–H and O–H groups in total. The third-order valence-electron chi connectivity index (χ3n) is 4.00. The highest BCUT2D eigenvalue weighted by molar-refractivity contribution is 8.22. The molecule has 3 aliphatic heterocycles. The molecule has 0 unspecified atom stereocenters. The Morgan fingerprint density at radius 3 is 2.54 bits per heavy atom. The van der Waals surface area contributed by atoms with E-state index in [-0.39, 0.29) is 24.4 Å². The van der Waals surface area contributed by atoms with E-state index in [1.807, 2.05) is 41.5 Å². The van der Waals surface area contributed by atoms with Gasteiger partial charge in [0.05, 0.1) is 18.5 Å². The Labute approximate surface area is 152 Å². The highest BCUT2D eigenvalue weighted by Crippen LogP contribution is 2.48. The first-order valence-corrected chi connectivity index (χ1v) is 9.62. The first-order valence-electron chi connectivity index (χ1n) is 8.23. The fourth-order valence-electron chi connectivity index (χ4n) is 3.33. The van der Waals surface area contributed by atoms with Gasteiger partial charge in [-0.15, -0.1) is 0 Å². The van der Waals surface area contributed by atoms with Crippen LogP contribution in [0.15, 0.2) is 0 Å². The van der Waals surface area contributed by atoms with Crippen LogP contribution in [-0.2, 0) is 28.4 Å². The number of thiocarbonyl (C=S) groups is 1. The van der Waals surface area contributed by atoms with E-state index in [1.165, 1.54) is 11.8 Å². The van der Waals surface area contributed by atoms with Gasteiger partial charge in [-0.25, -0.2) is 0 Å². The lowest BCUT2D eigenvalue weighted by Gasteiger charge is -2.40. The summed E-state index contributed by atoms with van der Waals surface area (Å²) in [6.45, 7) is 11.8. The van der Waals surface area contributed by atoms with Gasteiger partial charge in [0.15, 0.2) is 11.6 Å². The fourth-order valence-corrected chi connectivity index (χ4v) is 4.59. The van der Waals surface area contributed by atoms with Gasteiger partial charge in [0.2, 0.25) is 10.2 Å². The van der Waals surface area contributed by atoms with E-state index >= 15 is 0 Å². The van der Waals surface area contributed by atoms with Gasteiger partial charge in [-0.05, 0) is 53.8 Å². The van der Waals surface area contributed by atoms with Crippen LogP contribution in [0.2, 0.25) is 0 Å². The van der Waals surface area contributed by atoms with Gasteiger partial charge in [0.25, 0.3) is 0 Å². The molecule has 24 heavy (non-hydrogen) atoms. The molecule has 4 atom stereocenters. The molecule has 0 bridgehead atoms. The van der Waals surface area contributed by atoms with Crippen LogP contribution in [0, 0.1) is 0 Å². The summed E-state index contributed by atoms with van der Waals surface area (Å²) in [7, 11) is 0. The van der Waals surface area contributed by atoms with Crippen molar-refractivity contribution in [2.24, 2.45) is 0 Å². The Hall–Kier alpha value is 0.0400. The zero-order chi connectivity index (χ0) is 17.8. The van der Waals surface area contributed by atoms with Gasteiger partial charge in [0, 0.05) is 0 Å². The van der Waals surface area contributed by atoms with Crippen LogP contribution in [0.3, 0.4) is 0 Å². The van der Waals surface area contributed by atoms with E-state index < -0.39 is 17.4 Å². The molecule has 0 spiro atoms. The molecule has 0 aromatic carbocycles. The van der Waals surface area contributed by atoms with Gasteiger partial charge < -0.3 is 28.4 Å². The Kier molecular flexibility index (Phi) is 4.97. The summed E-state index contributed by atoms with van der Waals surface area (Å²) in [5.74, 6) is -1.88.